The van der Waals surface area contributed by atoms with Crippen LogP contribution in [0.5, 0.6) is 5.75 Å². The zero-order chi connectivity index (χ0) is 24.7. The van der Waals surface area contributed by atoms with Crippen LogP contribution in [0.25, 0.3) is 11.2 Å². The van der Waals surface area contributed by atoms with Crippen LogP contribution in [-0.4, -0.2) is 65.4 Å². The molecule has 0 aliphatic heterocycles. The molecule has 5 N–H and O–H groups in total. The minimum Gasteiger partial charge on any atom is -0.506 e. The van der Waals surface area contributed by atoms with E-state index in [1.807, 2.05) is 6.92 Å². The first-order valence-corrected chi connectivity index (χ1v) is 10.9. The summed E-state index contributed by atoms with van der Waals surface area (Å²) in [5.74, 6) is 5.86. The predicted octanol–water partition coefficient (Wildman–Crippen LogP) is 0.701. The first kappa shape index (κ1) is 23.4. The summed E-state index contributed by atoms with van der Waals surface area (Å²) in [5.41, 5.74) is -3.78. The fourth-order valence-corrected chi connectivity index (χ4v) is 4.89. The standard InChI is InChI=1S/C23H27N7O4/c1-5-22(20(32)25-4)8-9-23(34,21(22,2)33)30-13-27-17-18(24-3)28-16(29-19(17)30)7-6-14-10-15(31)12-26-11-14/h10-13,31,33-34H,5,8-9H2,1-4H3,(H,25,32)(H,24,28,29)/t21-,22?,23-/m0/s1. The number of rotatable bonds is 4. The van der Waals surface area contributed by atoms with E-state index in [9.17, 15) is 20.1 Å². The van der Waals surface area contributed by atoms with Crippen LogP contribution in [0.2, 0.25) is 0 Å². The molecule has 3 heterocycles. The molecular formula is C23H27N7O4. The van der Waals surface area contributed by atoms with Crippen molar-refractivity contribution in [3.05, 3.63) is 36.2 Å². The highest BCUT2D eigenvalue weighted by Gasteiger charge is 2.68. The van der Waals surface area contributed by atoms with E-state index in [4.69, 9.17) is 0 Å². The number of nitrogens with zero attached hydrogens (tertiary/aromatic N) is 5. The van der Waals surface area contributed by atoms with E-state index in [0.29, 0.717) is 23.3 Å². The van der Waals surface area contributed by atoms with E-state index >= 15 is 0 Å². The number of hydrogen-bond acceptors (Lipinski definition) is 9. The minimum absolute atomic E-state index is 0.0154. The Morgan fingerprint density at radius 2 is 1.97 bits per heavy atom. The fourth-order valence-electron chi connectivity index (χ4n) is 4.89. The predicted molar refractivity (Wildman–Crippen MR) is 124 cm³/mol. The molecule has 0 saturated heterocycles. The summed E-state index contributed by atoms with van der Waals surface area (Å²) in [6, 6.07) is 1.46. The minimum atomic E-state index is -1.86. The number of aromatic hydroxyl groups is 1. The van der Waals surface area contributed by atoms with Gasteiger partial charge in [-0.3, -0.25) is 14.3 Å². The second-order valence-corrected chi connectivity index (χ2v) is 8.52. The van der Waals surface area contributed by atoms with E-state index in [2.05, 4.69) is 42.4 Å². The van der Waals surface area contributed by atoms with Crippen molar-refractivity contribution in [1.29, 1.82) is 0 Å². The second-order valence-electron chi connectivity index (χ2n) is 8.52. The van der Waals surface area contributed by atoms with Crippen LogP contribution in [-0.2, 0) is 10.5 Å². The number of fused-ring (bicyclic) bond motifs is 1. The molecule has 1 fully saturated rings. The summed E-state index contributed by atoms with van der Waals surface area (Å²) in [5, 5.41) is 38.7. The van der Waals surface area contributed by atoms with Crippen LogP contribution in [0, 0.1) is 17.3 Å². The number of pyridine rings is 1. The molecule has 3 aromatic rings. The largest absolute Gasteiger partial charge is 0.506 e. The lowest BCUT2D eigenvalue weighted by Crippen LogP contribution is -2.61. The van der Waals surface area contributed by atoms with Crippen molar-refractivity contribution < 1.29 is 20.1 Å². The SMILES string of the molecule is CCC1(C(=O)NC)CC[C@@](O)(n2cnc3c(NC)nc(C#Cc4cncc(O)c4)nc32)[C@@]1(C)O. The van der Waals surface area contributed by atoms with Gasteiger partial charge in [0, 0.05) is 25.9 Å². The van der Waals surface area contributed by atoms with Gasteiger partial charge < -0.3 is 26.0 Å². The third-order valence-electron chi connectivity index (χ3n) is 6.95. The lowest BCUT2D eigenvalue weighted by molar-refractivity contribution is -0.211. The summed E-state index contributed by atoms with van der Waals surface area (Å²) < 4.78 is 1.40. The molecule has 11 nitrogen and oxygen atoms in total. The van der Waals surface area contributed by atoms with Crippen LogP contribution in [0.1, 0.15) is 44.5 Å². The highest BCUT2D eigenvalue weighted by molar-refractivity contribution is 5.86. The van der Waals surface area contributed by atoms with Crippen molar-refractivity contribution in [2.24, 2.45) is 5.41 Å². The van der Waals surface area contributed by atoms with Gasteiger partial charge in [-0.1, -0.05) is 12.8 Å². The van der Waals surface area contributed by atoms with Crippen molar-refractivity contribution in [2.75, 3.05) is 19.4 Å². The van der Waals surface area contributed by atoms with Crippen molar-refractivity contribution in [1.82, 2.24) is 29.8 Å². The Labute approximate surface area is 196 Å². The monoisotopic (exact) mass is 465 g/mol. The molecule has 3 atom stereocenters. The Morgan fingerprint density at radius 3 is 2.62 bits per heavy atom. The number of amides is 1. The maximum atomic E-state index is 12.8. The summed E-state index contributed by atoms with van der Waals surface area (Å²) in [6.45, 7) is 3.28. The van der Waals surface area contributed by atoms with Gasteiger partial charge in [-0.25, -0.2) is 15.0 Å². The number of carbonyl (C=O) groups is 1. The number of nitrogens with one attached hydrogen (secondary N) is 2. The van der Waals surface area contributed by atoms with Crippen LogP contribution in [0.15, 0.2) is 24.8 Å². The number of hydrogen-bond donors (Lipinski definition) is 5. The van der Waals surface area contributed by atoms with Crippen LogP contribution in [0.4, 0.5) is 5.82 Å². The Morgan fingerprint density at radius 1 is 1.21 bits per heavy atom. The molecule has 1 aliphatic carbocycles. The number of aromatic nitrogens is 5. The lowest BCUT2D eigenvalue weighted by Gasteiger charge is -2.44. The molecule has 0 radical (unpaired) electrons. The van der Waals surface area contributed by atoms with Crippen LogP contribution >= 0.6 is 0 Å². The van der Waals surface area contributed by atoms with Crippen LogP contribution < -0.4 is 10.6 Å². The third-order valence-corrected chi connectivity index (χ3v) is 6.95. The first-order valence-electron chi connectivity index (χ1n) is 10.9. The zero-order valence-electron chi connectivity index (χ0n) is 19.4. The molecule has 1 saturated carbocycles. The number of anilines is 1. The van der Waals surface area contributed by atoms with Crippen LogP contribution in [0.3, 0.4) is 0 Å². The molecular weight excluding hydrogens is 438 g/mol. The molecule has 34 heavy (non-hydrogen) atoms. The molecule has 0 aromatic carbocycles. The quantitative estimate of drug-likeness (QED) is 0.350. The molecule has 1 aliphatic rings. The highest BCUT2D eigenvalue weighted by Crippen LogP contribution is 2.57. The average molecular weight is 466 g/mol. The Balaban J connectivity index is 1.86. The Kier molecular flexibility index (Phi) is 5.67. The van der Waals surface area contributed by atoms with Gasteiger partial charge in [0.25, 0.3) is 0 Å². The second kappa shape index (κ2) is 8.23. The molecule has 0 spiro atoms. The summed E-state index contributed by atoms with van der Waals surface area (Å²) in [4.78, 5) is 30.0. The van der Waals surface area contributed by atoms with Gasteiger partial charge in [-0.05, 0) is 38.2 Å². The molecule has 0 bridgehead atoms. The number of imidazole rings is 1. The van der Waals surface area contributed by atoms with Crippen molar-refractivity contribution in [2.45, 2.75) is 44.4 Å². The van der Waals surface area contributed by atoms with Crippen molar-refractivity contribution in [3.63, 3.8) is 0 Å². The van der Waals surface area contributed by atoms with E-state index in [0.717, 1.165) is 0 Å². The molecule has 3 aromatic heterocycles. The summed E-state index contributed by atoms with van der Waals surface area (Å²) >= 11 is 0. The normalized spacial score (nSPS) is 26.2. The summed E-state index contributed by atoms with van der Waals surface area (Å²) in [6.07, 6.45) is 4.90. The number of carbonyl (C=O) groups excluding carboxylic acids is 1. The molecule has 4 rings (SSSR count). The molecule has 1 amide bonds. The van der Waals surface area contributed by atoms with E-state index < -0.39 is 16.7 Å². The van der Waals surface area contributed by atoms with Crippen molar-refractivity contribution >= 4 is 22.9 Å². The van der Waals surface area contributed by atoms with Gasteiger partial charge in [0.2, 0.25) is 11.7 Å². The smallest absolute Gasteiger partial charge is 0.229 e. The molecule has 11 heteroatoms. The maximum absolute atomic E-state index is 12.8. The lowest BCUT2D eigenvalue weighted by atomic mass is 9.70. The Hall–Kier alpha value is -3.75. The van der Waals surface area contributed by atoms with Gasteiger partial charge in [-0.15, -0.1) is 0 Å². The third kappa shape index (κ3) is 3.26. The average Bonchev–Trinajstić information content (AvgIpc) is 3.34. The van der Waals surface area contributed by atoms with Gasteiger partial charge in [0.15, 0.2) is 22.7 Å². The topological polar surface area (TPSA) is 158 Å². The Bertz CT molecular complexity index is 1330. The fraction of sp³-hybridized carbons (Fsp3) is 0.435. The molecule has 178 valence electrons. The maximum Gasteiger partial charge on any atom is 0.229 e. The number of aliphatic hydroxyl groups is 2. The highest BCUT2D eigenvalue weighted by atomic mass is 16.4. The van der Waals surface area contributed by atoms with Gasteiger partial charge >= 0.3 is 0 Å². The van der Waals surface area contributed by atoms with E-state index in [1.54, 1.807) is 7.05 Å². The summed E-state index contributed by atoms with van der Waals surface area (Å²) in [7, 11) is 3.18. The zero-order valence-corrected chi connectivity index (χ0v) is 19.4. The van der Waals surface area contributed by atoms with E-state index in [1.165, 1.54) is 43.3 Å². The van der Waals surface area contributed by atoms with Gasteiger partial charge in [0.05, 0.1) is 17.9 Å². The van der Waals surface area contributed by atoms with Gasteiger partial charge in [0.1, 0.15) is 11.4 Å². The molecule has 1 unspecified atom stereocenters. The van der Waals surface area contributed by atoms with Crippen molar-refractivity contribution in [3.8, 4) is 17.6 Å². The first-order chi connectivity index (χ1) is 16.1. The van der Waals surface area contributed by atoms with E-state index in [-0.39, 0.29) is 36.0 Å². The van der Waals surface area contributed by atoms with Gasteiger partial charge in [-0.2, -0.15) is 0 Å².